The highest BCUT2D eigenvalue weighted by atomic mass is 32.1. The summed E-state index contributed by atoms with van der Waals surface area (Å²) in [5.74, 6) is 0.239. The van der Waals surface area contributed by atoms with E-state index in [9.17, 15) is 22.4 Å². The molecule has 0 saturated heterocycles. The highest BCUT2D eigenvalue weighted by molar-refractivity contribution is 7.07. The molecule has 1 N–H and O–H groups in total. The summed E-state index contributed by atoms with van der Waals surface area (Å²) < 4.78 is 58.5. The molecule has 2 aromatic heterocycles. The summed E-state index contributed by atoms with van der Waals surface area (Å²) in [6, 6.07) is 17.5. The zero-order valence-corrected chi connectivity index (χ0v) is 27.1. The van der Waals surface area contributed by atoms with Crippen LogP contribution in [0.1, 0.15) is 49.9 Å². The van der Waals surface area contributed by atoms with E-state index in [0.717, 1.165) is 40.9 Å². The number of aryl methyl sites for hydroxylation is 1. The maximum Gasteiger partial charge on any atom is 0.573 e. The number of halogens is 4. The lowest BCUT2D eigenvalue weighted by Crippen LogP contribution is -2.26. The third kappa shape index (κ3) is 8.73. The topological polar surface area (TPSA) is 86.3 Å². The largest absolute Gasteiger partial charge is 0.573 e. The first kappa shape index (κ1) is 33.6. The van der Waals surface area contributed by atoms with Crippen LogP contribution in [-0.2, 0) is 6.42 Å². The van der Waals surface area contributed by atoms with Crippen LogP contribution in [0.5, 0.6) is 5.75 Å². The lowest BCUT2D eigenvalue weighted by molar-refractivity contribution is -0.274. The van der Waals surface area contributed by atoms with Gasteiger partial charge in [-0.15, -0.1) is 29.6 Å². The third-order valence-electron chi connectivity index (χ3n) is 7.46. The summed E-state index contributed by atoms with van der Waals surface area (Å²) in [6.45, 7) is 8.51. The molecule has 5 aromatic rings. The average molecular weight is 667 g/mol. The lowest BCUT2D eigenvalue weighted by Gasteiger charge is -2.15. The molecule has 13 heteroatoms. The van der Waals surface area contributed by atoms with Crippen LogP contribution < -0.4 is 14.9 Å². The Morgan fingerprint density at radius 1 is 1.04 bits per heavy atom. The fourth-order valence-corrected chi connectivity index (χ4v) is 5.99. The quantitative estimate of drug-likeness (QED) is 0.153. The van der Waals surface area contributed by atoms with Gasteiger partial charge in [-0.25, -0.2) is 18.9 Å². The number of hydrogen-bond donors (Lipinski definition) is 1. The number of nitrogens with zero attached hydrogens (tertiary/aromatic N) is 5. The molecule has 8 nitrogen and oxygen atoms in total. The molecule has 47 heavy (non-hydrogen) atoms. The minimum atomic E-state index is -4.75. The maximum atomic E-state index is 14.0. The molecular weight excluding hydrogens is 632 g/mol. The number of nitrogens with one attached hydrogen (secondary N) is 1. The van der Waals surface area contributed by atoms with Crippen molar-refractivity contribution < 1.29 is 27.1 Å². The molecule has 0 saturated carbocycles. The predicted molar refractivity (Wildman–Crippen MR) is 172 cm³/mol. The third-order valence-corrected chi connectivity index (χ3v) is 8.41. The second kappa shape index (κ2) is 14.3. The Labute approximate surface area is 273 Å². The average Bonchev–Trinajstić information content (AvgIpc) is 3.64. The molecule has 0 spiro atoms. The normalized spacial score (nSPS) is 12.8. The van der Waals surface area contributed by atoms with Crippen molar-refractivity contribution in [3.8, 4) is 28.5 Å². The van der Waals surface area contributed by atoms with Crippen LogP contribution in [0.15, 0.2) is 83.4 Å². The Bertz CT molecular complexity index is 1890. The van der Waals surface area contributed by atoms with Crippen molar-refractivity contribution >= 4 is 17.4 Å². The van der Waals surface area contributed by atoms with Gasteiger partial charge in [-0.1, -0.05) is 45.0 Å². The monoisotopic (exact) mass is 666 g/mol. The summed E-state index contributed by atoms with van der Waals surface area (Å²) in [4.78, 5) is 21.9. The Kier molecular flexibility index (Phi) is 10.2. The molecule has 5 rings (SSSR count). The van der Waals surface area contributed by atoms with Crippen molar-refractivity contribution in [3.63, 3.8) is 0 Å². The minimum absolute atomic E-state index is 0.0895. The van der Waals surface area contributed by atoms with Crippen LogP contribution in [0, 0.1) is 18.7 Å². The van der Waals surface area contributed by atoms with Crippen molar-refractivity contribution in [1.29, 1.82) is 0 Å². The first-order chi connectivity index (χ1) is 22.4. The zero-order valence-electron chi connectivity index (χ0n) is 26.3. The Hall–Kier alpha value is -4.78. The maximum absolute atomic E-state index is 14.0. The number of aromatic nitrogens is 4. The van der Waals surface area contributed by atoms with Gasteiger partial charge in [0.05, 0.1) is 11.4 Å². The molecule has 246 valence electrons. The van der Waals surface area contributed by atoms with E-state index < -0.39 is 12.4 Å². The van der Waals surface area contributed by atoms with Crippen LogP contribution >= 0.6 is 11.3 Å². The van der Waals surface area contributed by atoms with Gasteiger partial charge in [-0.2, -0.15) is 4.99 Å². The van der Waals surface area contributed by atoms with E-state index in [1.165, 1.54) is 58.7 Å². The van der Waals surface area contributed by atoms with Gasteiger partial charge in [0.2, 0.25) is 0 Å². The summed E-state index contributed by atoms with van der Waals surface area (Å²) in [5, 5.41) is 9.27. The molecule has 2 heterocycles. The van der Waals surface area contributed by atoms with E-state index in [1.807, 2.05) is 55.0 Å². The van der Waals surface area contributed by atoms with Crippen LogP contribution in [0.4, 0.5) is 22.4 Å². The van der Waals surface area contributed by atoms with Gasteiger partial charge in [0, 0.05) is 23.2 Å². The standard InChI is InChI=1S/C34H34F4N6O2S/c1-21(2)29-18-26(35)9-14-30(29)44-23(4)19-47-33(44)41-32(45)39-16-15-22(3)17-24-5-7-25(8-6-24)31-40-20-43(42-31)27-10-12-28(13-11-27)46-34(36,37)38/h5-14,18-22H,15-17H2,1-4H3,(H,39,45)/b41-33-. The molecule has 0 aliphatic rings. The predicted octanol–water partition coefficient (Wildman–Crippen LogP) is 8.14. The first-order valence-corrected chi connectivity index (χ1v) is 15.9. The number of rotatable bonds is 10. The number of amides is 2. The molecule has 0 radical (unpaired) electrons. The molecule has 3 aromatic carbocycles. The van der Waals surface area contributed by atoms with E-state index in [4.69, 9.17) is 0 Å². The van der Waals surface area contributed by atoms with Gasteiger partial charge in [0.25, 0.3) is 0 Å². The second-order valence-corrected chi connectivity index (χ2v) is 12.4. The SMILES string of the molecule is Cc1cs/c(=N\C(=O)NCCC(C)Cc2ccc(-c3ncn(-c4ccc(OC(F)(F)F)cc4)n3)cc2)n1-c1ccc(F)cc1C(C)C. The molecule has 0 aliphatic carbocycles. The molecule has 0 fully saturated rings. The Morgan fingerprint density at radius 3 is 2.45 bits per heavy atom. The van der Waals surface area contributed by atoms with Crippen molar-refractivity contribution in [2.24, 2.45) is 10.9 Å². The molecule has 1 unspecified atom stereocenters. The van der Waals surface area contributed by atoms with E-state index >= 15 is 0 Å². The van der Waals surface area contributed by atoms with Gasteiger partial charge in [0.15, 0.2) is 10.6 Å². The van der Waals surface area contributed by atoms with Gasteiger partial charge < -0.3 is 10.1 Å². The first-order valence-electron chi connectivity index (χ1n) is 15.0. The molecule has 2 amide bonds. The summed E-state index contributed by atoms with van der Waals surface area (Å²) in [5.41, 5.74) is 5.02. The smallest absolute Gasteiger partial charge is 0.406 e. The fraction of sp³-hybridized carbons (Fsp3) is 0.294. The highest BCUT2D eigenvalue weighted by Gasteiger charge is 2.31. The van der Waals surface area contributed by atoms with Crippen LogP contribution in [0.3, 0.4) is 0 Å². The number of hydrogen-bond acceptors (Lipinski definition) is 5. The van der Waals surface area contributed by atoms with Crippen molar-refractivity contribution in [1.82, 2.24) is 24.6 Å². The van der Waals surface area contributed by atoms with Gasteiger partial charge >= 0.3 is 12.4 Å². The van der Waals surface area contributed by atoms with Crippen molar-refractivity contribution in [2.45, 2.75) is 52.8 Å². The van der Waals surface area contributed by atoms with Crippen molar-refractivity contribution in [2.75, 3.05) is 6.54 Å². The molecule has 0 bridgehead atoms. The number of carbonyl (C=O) groups is 1. The van der Waals surface area contributed by atoms with Gasteiger partial charge in [0.1, 0.15) is 17.9 Å². The van der Waals surface area contributed by atoms with Gasteiger partial charge in [-0.3, -0.25) is 4.57 Å². The van der Waals surface area contributed by atoms with E-state index in [1.54, 1.807) is 6.07 Å². The Morgan fingerprint density at radius 2 is 1.77 bits per heavy atom. The number of thiazole rings is 1. The Balaban J connectivity index is 1.14. The zero-order chi connectivity index (χ0) is 33.7. The highest BCUT2D eigenvalue weighted by Crippen LogP contribution is 2.26. The van der Waals surface area contributed by atoms with Crippen LogP contribution in [0.25, 0.3) is 22.8 Å². The second-order valence-electron chi connectivity index (χ2n) is 11.5. The van der Waals surface area contributed by atoms with E-state index in [-0.39, 0.29) is 23.4 Å². The number of carbonyl (C=O) groups excluding carboxylic acids is 1. The summed E-state index contributed by atoms with van der Waals surface area (Å²) >= 11 is 1.36. The number of ether oxygens (including phenoxy) is 1. The summed E-state index contributed by atoms with van der Waals surface area (Å²) in [6.07, 6.45) is -1.71. The van der Waals surface area contributed by atoms with E-state index in [0.29, 0.717) is 22.9 Å². The van der Waals surface area contributed by atoms with Gasteiger partial charge in [-0.05, 0) is 85.2 Å². The fourth-order valence-electron chi connectivity index (χ4n) is 5.12. The van der Waals surface area contributed by atoms with Crippen LogP contribution in [-0.4, -0.2) is 38.3 Å². The van der Waals surface area contributed by atoms with E-state index in [2.05, 4.69) is 32.1 Å². The van der Waals surface area contributed by atoms with Crippen LogP contribution in [0.2, 0.25) is 0 Å². The minimum Gasteiger partial charge on any atom is -0.406 e. The number of benzene rings is 3. The lowest BCUT2D eigenvalue weighted by atomic mass is 9.97. The summed E-state index contributed by atoms with van der Waals surface area (Å²) in [7, 11) is 0. The number of urea groups is 1. The molecule has 1 atom stereocenters. The molecular formula is C34H34F4N6O2S. The van der Waals surface area contributed by atoms with Crippen molar-refractivity contribution in [3.05, 3.63) is 106 Å². The number of alkyl halides is 3. The molecule has 0 aliphatic heterocycles.